The molecule has 1 fully saturated rings. The van der Waals surface area contributed by atoms with Crippen molar-refractivity contribution in [2.45, 2.75) is 25.8 Å². The van der Waals surface area contributed by atoms with Gasteiger partial charge in [-0.15, -0.1) is 0 Å². The molecule has 16 heavy (non-hydrogen) atoms. The van der Waals surface area contributed by atoms with E-state index >= 15 is 0 Å². The zero-order valence-electron chi connectivity index (χ0n) is 10.1. The van der Waals surface area contributed by atoms with Crippen molar-refractivity contribution in [3.8, 4) is 0 Å². The maximum atomic E-state index is 12.0. The molecule has 1 aliphatic rings. The maximum Gasteiger partial charge on any atom is 0.305 e. The number of amides is 1. The highest BCUT2D eigenvalue weighted by atomic mass is 16.4. The first kappa shape index (κ1) is 13.0. The van der Waals surface area contributed by atoms with Crippen molar-refractivity contribution in [1.82, 2.24) is 9.80 Å². The maximum absolute atomic E-state index is 12.0. The van der Waals surface area contributed by atoms with Crippen molar-refractivity contribution in [2.24, 2.45) is 5.92 Å². The van der Waals surface area contributed by atoms with Crippen molar-refractivity contribution < 1.29 is 14.7 Å². The number of carbonyl (C=O) groups excluding carboxylic acids is 1. The molecule has 2 unspecified atom stereocenters. The van der Waals surface area contributed by atoms with Crippen LogP contribution in [0.15, 0.2) is 0 Å². The molecule has 1 amide bonds. The second-order valence-corrected chi connectivity index (χ2v) is 4.64. The molecule has 1 aliphatic heterocycles. The zero-order chi connectivity index (χ0) is 12.3. The van der Waals surface area contributed by atoms with E-state index in [4.69, 9.17) is 5.11 Å². The third-order valence-corrected chi connectivity index (χ3v) is 3.22. The van der Waals surface area contributed by atoms with Crippen LogP contribution in [0.1, 0.15) is 19.8 Å². The lowest BCUT2D eigenvalue weighted by Gasteiger charge is -2.26. The summed E-state index contributed by atoms with van der Waals surface area (Å²) in [5, 5.41) is 8.68. The summed E-state index contributed by atoms with van der Waals surface area (Å²) in [5.41, 5.74) is 0. The van der Waals surface area contributed by atoms with Crippen LogP contribution < -0.4 is 0 Å². The number of aliphatic carboxylic acids is 1. The lowest BCUT2D eigenvalue weighted by atomic mass is 10.1. The number of carboxylic acids is 1. The summed E-state index contributed by atoms with van der Waals surface area (Å²) < 4.78 is 0. The predicted molar refractivity (Wildman–Crippen MR) is 60.1 cm³/mol. The molecule has 2 atom stereocenters. The van der Waals surface area contributed by atoms with Gasteiger partial charge in [0.25, 0.3) is 0 Å². The SMILES string of the molecule is CC(CC(=O)O)N(C)C(=O)C1CCN(C)C1. The normalized spacial score (nSPS) is 23.1. The Morgan fingerprint density at radius 1 is 1.56 bits per heavy atom. The molecule has 1 rings (SSSR count). The van der Waals surface area contributed by atoms with Crippen LogP contribution in [-0.4, -0.2) is 60.0 Å². The first-order chi connectivity index (χ1) is 7.41. The highest BCUT2D eigenvalue weighted by Gasteiger charge is 2.30. The van der Waals surface area contributed by atoms with Gasteiger partial charge in [0.1, 0.15) is 0 Å². The highest BCUT2D eigenvalue weighted by Crippen LogP contribution is 2.18. The van der Waals surface area contributed by atoms with Crippen LogP contribution in [-0.2, 0) is 9.59 Å². The molecule has 0 radical (unpaired) electrons. The summed E-state index contributed by atoms with van der Waals surface area (Å²) in [4.78, 5) is 26.3. The molecule has 0 aliphatic carbocycles. The smallest absolute Gasteiger partial charge is 0.305 e. The molecule has 0 bridgehead atoms. The van der Waals surface area contributed by atoms with E-state index in [0.29, 0.717) is 0 Å². The van der Waals surface area contributed by atoms with Gasteiger partial charge in [-0.25, -0.2) is 0 Å². The van der Waals surface area contributed by atoms with E-state index in [-0.39, 0.29) is 24.3 Å². The summed E-state index contributed by atoms with van der Waals surface area (Å²) in [6.45, 7) is 3.49. The summed E-state index contributed by atoms with van der Waals surface area (Å²) in [6.07, 6.45) is 0.879. The van der Waals surface area contributed by atoms with Crippen LogP contribution in [0.25, 0.3) is 0 Å². The molecule has 92 valence electrons. The van der Waals surface area contributed by atoms with Gasteiger partial charge in [-0.1, -0.05) is 0 Å². The van der Waals surface area contributed by atoms with Crippen LogP contribution in [0.2, 0.25) is 0 Å². The number of carboxylic acid groups (broad SMARTS) is 1. The monoisotopic (exact) mass is 228 g/mol. The molecule has 1 saturated heterocycles. The van der Waals surface area contributed by atoms with E-state index in [1.165, 1.54) is 0 Å². The minimum Gasteiger partial charge on any atom is -0.481 e. The quantitative estimate of drug-likeness (QED) is 0.749. The molecule has 5 nitrogen and oxygen atoms in total. The molecule has 0 aromatic carbocycles. The fourth-order valence-corrected chi connectivity index (χ4v) is 2.03. The van der Waals surface area contributed by atoms with Crippen LogP contribution in [0, 0.1) is 5.92 Å². The molecule has 0 aromatic heterocycles. The number of likely N-dealkylation sites (tertiary alicyclic amines) is 1. The van der Waals surface area contributed by atoms with Gasteiger partial charge in [-0.05, 0) is 26.9 Å². The number of hydrogen-bond donors (Lipinski definition) is 1. The third-order valence-electron chi connectivity index (χ3n) is 3.22. The van der Waals surface area contributed by atoms with Crippen molar-refractivity contribution in [2.75, 3.05) is 27.2 Å². The average molecular weight is 228 g/mol. The summed E-state index contributed by atoms with van der Waals surface area (Å²) >= 11 is 0. The van der Waals surface area contributed by atoms with Crippen molar-refractivity contribution in [1.29, 1.82) is 0 Å². The third kappa shape index (κ3) is 3.20. The van der Waals surface area contributed by atoms with Gasteiger partial charge in [0.15, 0.2) is 0 Å². The Kier molecular flexibility index (Phi) is 4.29. The van der Waals surface area contributed by atoms with Gasteiger partial charge in [-0.2, -0.15) is 0 Å². The topological polar surface area (TPSA) is 60.9 Å². The van der Waals surface area contributed by atoms with Gasteiger partial charge in [-0.3, -0.25) is 9.59 Å². The average Bonchev–Trinajstić information content (AvgIpc) is 2.61. The van der Waals surface area contributed by atoms with Crippen molar-refractivity contribution in [3.63, 3.8) is 0 Å². The highest BCUT2D eigenvalue weighted by molar-refractivity contribution is 5.80. The fraction of sp³-hybridized carbons (Fsp3) is 0.818. The van der Waals surface area contributed by atoms with E-state index in [9.17, 15) is 9.59 Å². The number of hydrogen-bond acceptors (Lipinski definition) is 3. The Bertz CT molecular complexity index is 280. The van der Waals surface area contributed by atoms with Gasteiger partial charge < -0.3 is 14.9 Å². The van der Waals surface area contributed by atoms with Crippen molar-refractivity contribution >= 4 is 11.9 Å². The predicted octanol–water partition coefficient (Wildman–Crippen LogP) is 0.260. The van der Waals surface area contributed by atoms with E-state index in [1.54, 1.807) is 18.9 Å². The van der Waals surface area contributed by atoms with Gasteiger partial charge >= 0.3 is 5.97 Å². The molecule has 0 aromatic rings. The minimum absolute atomic E-state index is 0.00476. The second-order valence-electron chi connectivity index (χ2n) is 4.64. The largest absolute Gasteiger partial charge is 0.481 e. The Labute approximate surface area is 96.0 Å². The van der Waals surface area contributed by atoms with Crippen molar-refractivity contribution in [3.05, 3.63) is 0 Å². The van der Waals surface area contributed by atoms with Crippen LogP contribution in [0.5, 0.6) is 0 Å². The molecular formula is C11H20N2O3. The van der Waals surface area contributed by atoms with Crippen LogP contribution >= 0.6 is 0 Å². The Morgan fingerprint density at radius 3 is 2.62 bits per heavy atom. The van der Waals surface area contributed by atoms with E-state index < -0.39 is 5.97 Å². The van der Waals surface area contributed by atoms with Gasteiger partial charge in [0, 0.05) is 19.6 Å². The lowest BCUT2D eigenvalue weighted by molar-refractivity contribution is -0.141. The molecule has 0 spiro atoms. The Hall–Kier alpha value is -1.10. The Balaban J connectivity index is 2.49. The first-order valence-corrected chi connectivity index (χ1v) is 5.58. The molecule has 5 heteroatoms. The summed E-state index contributed by atoms with van der Waals surface area (Å²) in [6, 6.07) is -0.240. The number of rotatable bonds is 4. The molecule has 0 saturated carbocycles. The van der Waals surface area contributed by atoms with Crippen LogP contribution in [0.3, 0.4) is 0 Å². The Morgan fingerprint density at radius 2 is 2.19 bits per heavy atom. The minimum atomic E-state index is -0.865. The number of nitrogens with zero attached hydrogens (tertiary/aromatic N) is 2. The van der Waals surface area contributed by atoms with E-state index in [0.717, 1.165) is 19.5 Å². The lowest BCUT2D eigenvalue weighted by Crippen LogP contribution is -2.40. The van der Waals surface area contributed by atoms with Gasteiger partial charge in [0.05, 0.1) is 12.3 Å². The molecule has 1 heterocycles. The second kappa shape index (κ2) is 5.30. The van der Waals surface area contributed by atoms with Crippen LogP contribution in [0.4, 0.5) is 0 Å². The molecule has 1 N–H and O–H groups in total. The standard InChI is InChI=1S/C11H20N2O3/c1-8(6-10(14)15)13(3)11(16)9-4-5-12(2)7-9/h8-9H,4-7H2,1-3H3,(H,14,15). The zero-order valence-corrected chi connectivity index (χ0v) is 10.1. The number of carbonyl (C=O) groups is 2. The first-order valence-electron chi connectivity index (χ1n) is 5.58. The van der Waals surface area contributed by atoms with Gasteiger partial charge in [0.2, 0.25) is 5.91 Å². The summed E-state index contributed by atoms with van der Waals surface area (Å²) in [5.74, 6) is -0.764. The molecular weight excluding hydrogens is 208 g/mol. The van der Waals surface area contributed by atoms with E-state index in [1.807, 2.05) is 7.05 Å². The summed E-state index contributed by atoms with van der Waals surface area (Å²) in [7, 11) is 3.68. The van der Waals surface area contributed by atoms with E-state index in [2.05, 4.69) is 4.90 Å². The fourth-order valence-electron chi connectivity index (χ4n) is 2.03.